The van der Waals surface area contributed by atoms with Crippen LogP contribution in [0.3, 0.4) is 0 Å². The molecule has 0 bridgehead atoms. The lowest BCUT2D eigenvalue weighted by Crippen LogP contribution is -2.48. The van der Waals surface area contributed by atoms with Crippen LogP contribution in [0.5, 0.6) is 5.75 Å². The fraction of sp³-hybridized carbons (Fsp3) is 0.450. The lowest BCUT2D eigenvalue weighted by Gasteiger charge is -2.25. The van der Waals surface area contributed by atoms with E-state index in [4.69, 9.17) is 9.47 Å². The second-order valence-corrected chi connectivity index (χ2v) is 7.03. The fourth-order valence-corrected chi connectivity index (χ4v) is 3.84. The lowest BCUT2D eigenvalue weighted by molar-refractivity contribution is -0.0374. The first-order valence-corrected chi connectivity index (χ1v) is 9.36. The average Bonchev–Trinajstić information content (AvgIpc) is 3.14. The number of carbonyl (C=O) groups is 1. The molecule has 7 heteroatoms. The summed E-state index contributed by atoms with van der Waals surface area (Å²) in [5, 5.41) is 0. The second-order valence-electron chi connectivity index (χ2n) is 7.03. The van der Waals surface area contributed by atoms with Crippen molar-refractivity contribution in [2.75, 3.05) is 6.61 Å². The number of nitrogens with zero attached hydrogens (tertiary/aromatic N) is 2. The molecule has 7 nitrogen and oxygen atoms in total. The molecule has 0 saturated carbocycles. The second kappa shape index (κ2) is 7.15. The molecule has 0 N–H and O–H groups in total. The summed E-state index contributed by atoms with van der Waals surface area (Å²) in [5.74, 6) is 0.396. The Morgan fingerprint density at radius 1 is 1.15 bits per heavy atom. The summed E-state index contributed by atoms with van der Waals surface area (Å²) in [5.41, 5.74) is 0.770. The molecule has 1 atom stereocenters. The van der Waals surface area contributed by atoms with Crippen molar-refractivity contribution in [1.82, 2.24) is 9.13 Å². The third-order valence-corrected chi connectivity index (χ3v) is 5.25. The number of rotatable bonds is 2. The van der Waals surface area contributed by atoms with Gasteiger partial charge >= 0.3 is 11.8 Å². The molecule has 1 aromatic carbocycles. The minimum absolute atomic E-state index is 0.334. The van der Waals surface area contributed by atoms with Gasteiger partial charge in [0.2, 0.25) is 0 Å². The van der Waals surface area contributed by atoms with Gasteiger partial charge in [0, 0.05) is 17.9 Å². The van der Waals surface area contributed by atoms with E-state index in [1.54, 1.807) is 12.1 Å². The van der Waals surface area contributed by atoms with Gasteiger partial charge in [0.15, 0.2) is 0 Å². The van der Waals surface area contributed by atoms with Crippen molar-refractivity contribution in [3.63, 3.8) is 0 Å². The molecule has 1 aliphatic carbocycles. The molecule has 1 saturated heterocycles. The van der Waals surface area contributed by atoms with E-state index in [1.165, 1.54) is 0 Å². The van der Waals surface area contributed by atoms with Crippen molar-refractivity contribution in [1.29, 1.82) is 0 Å². The molecule has 1 unspecified atom stereocenters. The molecule has 2 heterocycles. The molecule has 4 rings (SSSR count). The Kier molecular flexibility index (Phi) is 4.70. The predicted octanol–water partition coefficient (Wildman–Crippen LogP) is 2.55. The Hall–Kier alpha value is -2.67. The van der Waals surface area contributed by atoms with Crippen LogP contribution in [0.25, 0.3) is 0 Å². The highest BCUT2D eigenvalue weighted by Gasteiger charge is 2.30. The van der Waals surface area contributed by atoms with Crippen LogP contribution in [0.4, 0.5) is 4.79 Å². The van der Waals surface area contributed by atoms with Crippen molar-refractivity contribution in [2.24, 2.45) is 0 Å². The van der Waals surface area contributed by atoms with Gasteiger partial charge in [0.25, 0.3) is 5.56 Å². The quantitative estimate of drug-likeness (QED) is 0.812. The molecule has 0 amide bonds. The molecule has 0 spiro atoms. The van der Waals surface area contributed by atoms with E-state index in [0.29, 0.717) is 42.9 Å². The van der Waals surface area contributed by atoms with Crippen LogP contribution in [0.15, 0.2) is 33.9 Å². The van der Waals surface area contributed by atoms with Gasteiger partial charge in [-0.2, -0.15) is 4.57 Å². The van der Waals surface area contributed by atoms with Crippen LogP contribution in [0, 0.1) is 6.92 Å². The fourth-order valence-electron chi connectivity index (χ4n) is 3.84. The van der Waals surface area contributed by atoms with E-state index in [0.717, 1.165) is 34.0 Å². The van der Waals surface area contributed by atoms with Gasteiger partial charge in [-0.05, 0) is 57.1 Å². The average molecular weight is 370 g/mol. The molecule has 27 heavy (non-hydrogen) atoms. The van der Waals surface area contributed by atoms with Crippen LogP contribution in [-0.2, 0) is 17.6 Å². The first kappa shape index (κ1) is 17.7. The largest absolute Gasteiger partial charge is 0.427 e. The Labute approximate surface area is 156 Å². The molecule has 2 aliphatic rings. The molecule has 142 valence electrons. The lowest BCUT2D eigenvalue weighted by atomic mass is 10.2. The third kappa shape index (κ3) is 3.12. The zero-order valence-corrected chi connectivity index (χ0v) is 15.3. The SMILES string of the molecule is Cc1ccccc1OC(=O)n1c2c(c(=O)n(C3CCCCO3)c1=O)CCC2. The van der Waals surface area contributed by atoms with Crippen LogP contribution in [0.1, 0.15) is 48.7 Å². The van der Waals surface area contributed by atoms with E-state index >= 15 is 0 Å². The number of benzene rings is 1. The summed E-state index contributed by atoms with van der Waals surface area (Å²) in [7, 11) is 0. The summed E-state index contributed by atoms with van der Waals surface area (Å²) >= 11 is 0. The molecule has 1 fully saturated rings. The number of ether oxygens (including phenoxy) is 2. The van der Waals surface area contributed by atoms with Crippen LogP contribution < -0.4 is 16.0 Å². The van der Waals surface area contributed by atoms with Gasteiger partial charge in [0.05, 0.1) is 0 Å². The maximum Gasteiger partial charge on any atom is 0.427 e. The van der Waals surface area contributed by atoms with Gasteiger partial charge < -0.3 is 9.47 Å². The smallest absolute Gasteiger partial charge is 0.409 e. The summed E-state index contributed by atoms with van der Waals surface area (Å²) in [4.78, 5) is 38.9. The Morgan fingerprint density at radius 3 is 2.70 bits per heavy atom. The van der Waals surface area contributed by atoms with Gasteiger partial charge in [-0.25, -0.2) is 14.2 Å². The first-order valence-electron chi connectivity index (χ1n) is 9.36. The van der Waals surface area contributed by atoms with Crippen LogP contribution in [-0.4, -0.2) is 21.8 Å². The van der Waals surface area contributed by atoms with Crippen molar-refractivity contribution < 1.29 is 14.3 Å². The maximum atomic E-state index is 13.1. The maximum absolute atomic E-state index is 13.1. The summed E-state index contributed by atoms with van der Waals surface area (Å²) in [6.45, 7) is 2.33. The van der Waals surface area contributed by atoms with Crippen molar-refractivity contribution in [3.05, 3.63) is 61.9 Å². The highest BCUT2D eigenvalue weighted by atomic mass is 16.6. The number of carbonyl (C=O) groups excluding carboxylic acids is 1. The molecule has 0 radical (unpaired) electrons. The van der Waals surface area contributed by atoms with E-state index in [9.17, 15) is 14.4 Å². The Bertz CT molecular complexity index is 998. The van der Waals surface area contributed by atoms with E-state index in [2.05, 4.69) is 0 Å². The van der Waals surface area contributed by atoms with Crippen molar-refractivity contribution in [3.8, 4) is 5.75 Å². The minimum Gasteiger partial charge on any atom is -0.409 e. The number of hydrogen-bond donors (Lipinski definition) is 0. The Balaban J connectivity index is 1.81. The highest BCUT2D eigenvalue weighted by molar-refractivity contribution is 5.74. The zero-order valence-electron chi connectivity index (χ0n) is 15.3. The number of para-hydroxylation sites is 1. The minimum atomic E-state index is -0.781. The number of hydrogen-bond acceptors (Lipinski definition) is 5. The number of aromatic nitrogens is 2. The predicted molar refractivity (Wildman–Crippen MR) is 98.4 cm³/mol. The standard InChI is InChI=1S/C20H22N2O5/c1-13-7-2-3-10-16(13)27-20(25)21-15-9-6-8-14(15)18(23)22(19(21)24)17-11-4-5-12-26-17/h2-3,7,10,17H,4-6,8-9,11-12H2,1H3. The zero-order chi connectivity index (χ0) is 19.0. The van der Waals surface area contributed by atoms with Gasteiger partial charge in [-0.3, -0.25) is 4.79 Å². The normalized spacial score (nSPS) is 18.9. The molecule has 2 aromatic rings. The van der Waals surface area contributed by atoms with Crippen LogP contribution >= 0.6 is 0 Å². The van der Waals surface area contributed by atoms with E-state index in [1.807, 2.05) is 19.1 Å². The Morgan fingerprint density at radius 2 is 1.96 bits per heavy atom. The van der Waals surface area contributed by atoms with Crippen LogP contribution in [0.2, 0.25) is 0 Å². The van der Waals surface area contributed by atoms with Gasteiger partial charge in [-0.15, -0.1) is 0 Å². The van der Waals surface area contributed by atoms with Crippen molar-refractivity contribution in [2.45, 2.75) is 51.7 Å². The van der Waals surface area contributed by atoms with E-state index < -0.39 is 18.0 Å². The number of aryl methyl sites for hydroxylation is 1. The highest BCUT2D eigenvalue weighted by Crippen LogP contribution is 2.23. The van der Waals surface area contributed by atoms with E-state index in [-0.39, 0.29) is 5.56 Å². The van der Waals surface area contributed by atoms with Crippen molar-refractivity contribution >= 4 is 6.09 Å². The molecule has 1 aromatic heterocycles. The van der Waals surface area contributed by atoms with Gasteiger partial charge in [-0.1, -0.05) is 18.2 Å². The third-order valence-electron chi connectivity index (χ3n) is 5.25. The van der Waals surface area contributed by atoms with Gasteiger partial charge in [0.1, 0.15) is 12.0 Å². The number of fused-ring (bicyclic) bond motifs is 1. The summed E-state index contributed by atoms with van der Waals surface area (Å²) in [6.07, 6.45) is 2.76. The topological polar surface area (TPSA) is 79.5 Å². The summed E-state index contributed by atoms with van der Waals surface area (Å²) < 4.78 is 13.3. The molecule has 1 aliphatic heterocycles. The first-order chi connectivity index (χ1) is 13.1. The molecular formula is C20H22N2O5. The monoisotopic (exact) mass is 370 g/mol. The molecular weight excluding hydrogens is 348 g/mol. The summed E-state index contributed by atoms with van der Waals surface area (Å²) in [6, 6.07) is 7.11.